The van der Waals surface area contributed by atoms with Crippen molar-refractivity contribution in [2.24, 2.45) is 7.05 Å². The summed E-state index contributed by atoms with van der Waals surface area (Å²) in [5, 5.41) is 12.0. The van der Waals surface area contributed by atoms with E-state index in [-0.39, 0.29) is 17.2 Å². The first-order chi connectivity index (χ1) is 15.9. The Morgan fingerprint density at radius 2 is 1.82 bits per heavy atom. The molecule has 1 unspecified atom stereocenters. The average Bonchev–Trinajstić information content (AvgIpc) is 3.29. The summed E-state index contributed by atoms with van der Waals surface area (Å²) in [6.07, 6.45) is 0. The molecule has 0 saturated carbocycles. The summed E-state index contributed by atoms with van der Waals surface area (Å²) in [5.74, 6) is -0.314. The molecule has 166 valence electrons. The SMILES string of the molecule is Cc1c(NC(=O)C(C)Sc2nnc3c(n2)[nH]c2ccccc23)c(=O)n(-c2ccccc2)n1C. The highest BCUT2D eigenvalue weighted by Crippen LogP contribution is 2.25. The molecule has 2 N–H and O–H groups in total. The van der Waals surface area contributed by atoms with Gasteiger partial charge in [-0.3, -0.25) is 14.3 Å². The van der Waals surface area contributed by atoms with E-state index in [1.165, 1.54) is 16.4 Å². The van der Waals surface area contributed by atoms with Crippen LogP contribution in [0.5, 0.6) is 0 Å². The van der Waals surface area contributed by atoms with Crippen LogP contribution in [0.3, 0.4) is 0 Å². The molecule has 5 aromatic rings. The van der Waals surface area contributed by atoms with Gasteiger partial charge in [-0.1, -0.05) is 48.2 Å². The lowest BCUT2D eigenvalue weighted by Gasteiger charge is -2.10. The second-order valence-electron chi connectivity index (χ2n) is 7.65. The van der Waals surface area contributed by atoms with Gasteiger partial charge in [0.2, 0.25) is 11.1 Å². The molecule has 1 amide bonds. The molecule has 0 bridgehead atoms. The zero-order valence-electron chi connectivity index (χ0n) is 18.2. The molecule has 1 atom stereocenters. The summed E-state index contributed by atoms with van der Waals surface area (Å²) in [6, 6.07) is 17.1. The smallest absolute Gasteiger partial charge is 0.295 e. The number of aromatic nitrogens is 6. The van der Waals surface area contributed by atoms with E-state index in [4.69, 9.17) is 0 Å². The van der Waals surface area contributed by atoms with Crippen molar-refractivity contribution in [1.29, 1.82) is 0 Å². The van der Waals surface area contributed by atoms with Crippen LogP contribution >= 0.6 is 11.8 Å². The predicted octanol–water partition coefficient (Wildman–Crippen LogP) is 3.42. The minimum atomic E-state index is -0.544. The highest BCUT2D eigenvalue weighted by atomic mass is 32.2. The zero-order chi connectivity index (χ0) is 23.1. The summed E-state index contributed by atoms with van der Waals surface area (Å²) in [7, 11) is 1.78. The van der Waals surface area contributed by atoms with E-state index in [0.29, 0.717) is 22.0 Å². The van der Waals surface area contributed by atoms with Gasteiger partial charge >= 0.3 is 0 Å². The topological polar surface area (TPSA) is 110 Å². The van der Waals surface area contributed by atoms with E-state index in [1.54, 1.807) is 25.6 Å². The normalized spacial score (nSPS) is 12.3. The number of hydrogen-bond donors (Lipinski definition) is 2. The molecule has 2 aromatic carbocycles. The number of fused-ring (bicyclic) bond motifs is 3. The number of hydrogen-bond acceptors (Lipinski definition) is 6. The molecule has 0 saturated heterocycles. The Morgan fingerprint density at radius 3 is 2.61 bits per heavy atom. The van der Waals surface area contributed by atoms with Crippen molar-refractivity contribution in [2.45, 2.75) is 24.3 Å². The Balaban J connectivity index is 1.37. The van der Waals surface area contributed by atoms with Crippen molar-refractivity contribution in [3.63, 3.8) is 0 Å². The van der Waals surface area contributed by atoms with Crippen molar-refractivity contribution in [3.8, 4) is 5.69 Å². The third kappa shape index (κ3) is 3.68. The van der Waals surface area contributed by atoms with Gasteiger partial charge in [-0.15, -0.1) is 10.2 Å². The van der Waals surface area contributed by atoms with Crippen molar-refractivity contribution in [2.75, 3.05) is 5.32 Å². The Kier molecular flexibility index (Phi) is 5.21. The first-order valence-corrected chi connectivity index (χ1v) is 11.2. The maximum Gasteiger partial charge on any atom is 0.295 e. The molecule has 9 nitrogen and oxygen atoms in total. The Bertz CT molecular complexity index is 1550. The third-order valence-electron chi connectivity index (χ3n) is 5.56. The fourth-order valence-electron chi connectivity index (χ4n) is 3.70. The summed E-state index contributed by atoms with van der Waals surface area (Å²) in [5.41, 5.74) is 3.58. The van der Waals surface area contributed by atoms with Gasteiger partial charge in [0, 0.05) is 18.0 Å². The van der Waals surface area contributed by atoms with Crippen LogP contribution in [-0.4, -0.2) is 40.7 Å². The highest BCUT2D eigenvalue weighted by molar-refractivity contribution is 8.00. The summed E-state index contributed by atoms with van der Waals surface area (Å²) in [4.78, 5) is 33.7. The number of H-pyrrole nitrogens is 1. The van der Waals surface area contributed by atoms with E-state index in [9.17, 15) is 9.59 Å². The van der Waals surface area contributed by atoms with E-state index in [1.807, 2.05) is 54.6 Å². The van der Waals surface area contributed by atoms with Gasteiger partial charge in [-0.2, -0.15) is 0 Å². The summed E-state index contributed by atoms with van der Waals surface area (Å²) >= 11 is 1.18. The van der Waals surface area contributed by atoms with Crippen LogP contribution in [0.4, 0.5) is 5.69 Å². The number of para-hydroxylation sites is 2. The second kappa shape index (κ2) is 8.21. The molecule has 0 radical (unpaired) electrons. The average molecular weight is 460 g/mol. The number of aromatic amines is 1. The maximum absolute atomic E-state index is 13.0. The molecule has 0 aliphatic heterocycles. The van der Waals surface area contributed by atoms with Crippen molar-refractivity contribution in [1.82, 2.24) is 29.5 Å². The largest absolute Gasteiger partial charge is 0.338 e. The van der Waals surface area contributed by atoms with Crippen LogP contribution in [0.15, 0.2) is 64.5 Å². The van der Waals surface area contributed by atoms with Gasteiger partial charge in [0.15, 0.2) is 5.65 Å². The molecular formula is C23H21N7O2S. The molecule has 0 spiro atoms. The molecule has 5 rings (SSSR count). The second-order valence-corrected chi connectivity index (χ2v) is 8.96. The zero-order valence-corrected chi connectivity index (χ0v) is 19.1. The van der Waals surface area contributed by atoms with E-state index < -0.39 is 5.25 Å². The molecular weight excluding hydrogens is 438 g/mol. The van der Waals surface area contributed by atoms with E-state index >= 15 is 0 Å². The van der Waals surface area contributed by atoms with Gasteiger partial charge < -0.3 is 10.3 Å². The number of carbonyl (C=O) groups excluding carboxylic acids is 1. The number of thioether (sulfide) groups is 1. The van der Waals surface area contributed by atoms with Crippen molar-refractivity contribution >= 4 is 45.4 Å². The molecule has 33 heavy (non-hydrogen) atoms. The van der Waals surface area contributed by atoms with Gasteiger partial charge in [-0.25, -0.2) is 9.67 Å². The monoisotopic (exact) mass is 459 g/mol. The van der Waals surface area contributed by atoms with Gasteiger partial charge in [-0.05, 0) is 32.0 Å². The van der Waals surface area contributed by atoms with Crippen LogP contribution in [0.2, 0.25) is 0 Å². The lowest BCUT2D eigenvalue weighted by atomic mass is 10.2. The fraction of sp³-hybridized carbons (Fsp3) is 0.174. The fourth-order valence-corrected chi connectivity index (χ4v) is 4.42. The quantitative estimate of drug-likeness (QED) is 0.390. The van der Waals surface area contributed by atoms with Crippen LogP contribution in [0.25, 0.3) is 27.8 Å². The summed E-state index contributed by atoms with van der Waals surface area (Å²) in [6.45, 7) is 3.54. The Labute approximate surface area is 192 Å². The standard InChI is InChI=1S/C23H21N7O2S/c1-13-18(22(32)30(29(13)3)15-9-5-4-6-10-15)25-21(31)14(2)33-23-26-20-19(27-28-23)16-11-7-8-12-17(16)24-20/h4-12,14H,1-3H3,(H,25,31)(H,24,26,28). The van der Waals surface area contributed by atoms with Crippen LogP contribution in [0, 0.1) is 6.92 Å². The number of rotatable bonds is 5. The van der Waals surface area contributed by atoms with Crippen LogP contribution in [-0.2, 0) is 11.8 Å². The van der Waals surface area contributed by atoms with Crippen LogP contribution < -0.4 is 10.9 Å². The molecule has 10 heteroatoms. The minimum absolute atomic E-state index is 0.254. The Hall–Kier alpha value is -3.92. The number of nitrogens with one attached hydrogen (secondary N) is 2. The number of anilines is 1. The molecule has 3 aromatic heterocycles. The number of nitrogens with zero attached hydrogens (tertiary/aromatic N) is 5. The summed E-state index contributed by atoms with van der Waals surface area (Å²) < 4.78 is 3.25. The minimum Gasteiger partial charge on any atom is -0.338 e. The highest BCUT2D eigenvalue weighted by Gasteiger charge is 2.22. The lowest BCUT2D eigenvalue weighted by Crippen LogP contribution is -2.27. The molecule has 0 aliphatic carbocycles. The molecule has 3 heterocycles. The van der Waals surface area contributed by atoms with E-state index in [2.05, 4.69) is 25.5 Å². The van der Waals surface area contributed by atoms with Gasteiger partial charge in [0.05, 0.1) is 16.6 Å². The first kappa shape index (κ1) is 21.0. The van der Waals surface area contributed by atoms with Gasteiger partial charge in [0.25, 0.3) is 5.56 Å². The lowest BCUT2D eigenvalue weighted by molar-refractivity contribution is -0.115. The number of amides is 1. The van der Waals surface area contributed by atoms with Crippen molar-refractivity contribution < 1.29 is 4.79 Å². The van der Waals surface area contributed by atoms with Crippen molar-refractivity contribution in [3.05, 3.63) is 70.6 Å². The van der Waals surface area contributed by atoms with Crippen LogP contribution in [0.1, 0.15) is 12.6 Å². The third-order valence-corrected chi connectivity index (χ3v) is 6.51. The maximum atomic E-state index is 13.0. The molecule has 0 fully saturated rings. The number of carbonyl (C=O) groups is 1. The molecule has 0 aliphatic rings. The van der Waals surface area contributed by atoms with E-state index in [0.717, 1.165) is 16.6 Å². The predicted molar refractivity (Wildman–Crippen MR) is 129 cm³/mol. The first-order valence-electron chi connectivity index (χ1n) is 10.4. The number of benzene rings is 2. The van der Waals surface area contributed by atoms with Gasteiger partial charge in [0.1, 0.15) is 11.2 Å². The Morgan fingerprint density at radius 1 is 1.09 bits per heavy atom.